The highest BCUT2D eigenvalue weighted by molar-refractivity contribution is 5.78. The lowest BCUT2D eigenvalue weighted by atomic mass is 9.98. The van der Waals surface area contributed by atoms with E-state index in [1.807, 2.05) is 0 Å². The predicted octanol–water partition coefficient (Wildman–Crippen LogP) is 2.55. The first-order valence-electron chi connectivity index (χ1n) is 4.52. The van der Waals surface area contributed by atoms with Gasteiger partial charge in [-0.15, -0.1) is 0 Å². The van der Waals surface area contributed by atoms with Crippen LogP contribution in [0.25, 0.3) is 0 Å². The van der Waals surface area contributed by atoms with Gasteiger partial charge in [0.15, 0.2) is 0 Å². The molecule has 1 aliphatic carbocycles. The van der Waals surface area contributed by atoms with E-state index in [0.29, 0.717) is 0 Å². The quantitative estimate of drug-likeness (QED) is 0.566. The summed E-state index contributed by atoms with van der Waals surface area (Å²) >= 11 is 0. The highest BCUT2D eigenvalue weighted by Crippen LogP contribution is 2.20. The average Bonchev–Trinajstić information content (AvgIpc) is 2.06. The molecule has 3 nitrogen and oxygen atoms in total. The first-order chi connectivity index (χ1) is 5.83. The van der Waals surface area contributed by atoms with Crippen LogP contribution in [0.15, 0.2) is 4.99 Å². The van der Waals surface area contributed by atoms with Gasteiger partial charge in [0.2, 0.25) is 0 Å². The number of hydrogen-bond donors (Lipinski definition) is 0. The van der Waals surface area contributed by atoms with Crippen LogP contribution < -0.4 is 0 Å². The van der Waals surface area contributed by atoms with Crippen LogP contribution in [-0.2, 0) is 4.74 Å². The van der Waals surface area contributed by atoms with E-state index in [0.717, 1.165) is 12.8 Å². The third-order valence-electron chi connectivity index (χ3n) is 2.05. The maximum absolute atomic E-state index is 10.9. The van der Waals surface area contributed by atoms with Crippen molar-refractivity contribution in [2.24, 2.45) is 4.99 Å². The van der Waals surface area contributed by atoms with Crippen molar-refractivity contribution < 1.29 is 9.53 Å². The molecule has 0 unspecified atom stereocenters. The fraction of sp³-hybridized carbons (Fsp3) is 0.778. The van der Waals surface area contributed by atoms with Crippen molar-refractivity contribution in [1.82, 2.24) is 0 Å². The topological polar surface area (TPSA) is 38.7 Å². The molecule has 1 fully saturated rings. The summed E-state index contributed by atoms with van der Waals surface area (Å²) in [6.07, 6.45) is 6.77. The number of carbonyl (C=O) groups excluding carboxylic acids is 1. The molecular formula is C9H15NO2. The molecule has 0 aliphatic heterocycles. The predicted molar refractivity (Wildman–Crippen MR) is 47.5 cm³/mol. The van der Waals surface area contributed by atoms with E-state index in [4.69, 9.17) is 4.74 Å². The van der Waals surface area contributed by atoms with Crippen molar-refractivity contribution in [1.29, 1.82) is 0 Å². The first kappa shape index (κ1) is 9.23. The molecular weight excluding hydrogens is 154 g/mol. The zero-order valence-electron chi connectivity index (χ0n) is 7.45. The van der Waals surface area contributed by atoms with E-state index >= 15 is 0 Å². The van der Waals surface area contributed by atoms with Gasteiger partial charge in [0, 0.05) is 6.21 Å². The van der Waals surface area contributed by atoms with Crippen molar-refractivity contribution in [2.45, 2.75) is 45.1 Å². The summed E-state index contributed by atoms with van der Waals surface area (Å²) in [6, 6.07) is 0. The van der Waals surface area contributed by atoms with Crippen molar-refractivity contribution in [3.63, 3.8) is 0 Å². The fourth-order valence-electron chi connectivity index (χ4n) is 1.46. The van der Waals surface area contributed by atoms with Crippen molar-refractivity contribution in [3.05, 3.63) is 0 Å². The van der Waals surface area contributed by atoms with E-state index in [-0.39, 0.29) is 6.10 Å². The summed E-state index contributed by atoms with van der Waals surface area (Å²) in [7, 11) is 0. The van der Waals surface area contributed by atoms with Gasteiger partial charge in [-0.05, 0) is 32.6 Å². The molecule has 0 aromatic rings. The number of carbonyl (C=O) groups is 1. The van der Waals surface area contributed by atoms with Crippen LogP contribution in [-0.4, -0.2) is 18.4 Å². The Balaban J connectivity index is 2.24. The Kier molecular flexibility index (Phi) is 3.77. The van der Waals surface area contributed by atoms with E-state index in [1.54, 1.807) is 6.92 Å². The summed E-state index contributed by atoms with van der Waals surface area (Å²) in [5, 5.41) is 0. The molecule has 12 heavy (non-hydrogen) atoms. The number of amides is 1. The molecule has 1 rings (SSSR count). The second-order valence-corrected chi connectivity index (χ2v) is 3.03. The smallest absolute Gasteiger partial charge is 0.433 e. The van der Waals surface area contributed by atoms with Crippen molar-refractivity contribution in [2.75, 3.05) is 0 Å². The Morgan fingerprint density at radius 2 is 2.08 bits per heavy atom. The molecule has 1 amide bonds. The molecule has 0 bridgehead atoms. The van der Waals surface area contributed by atoms with Gasteiger partial charge in [-0.25, -0.2) is 4.79 Å². The third-order valence-corrected chi connectivity index (χ3v) is 2.05. The number of hydrogen-bond acceptors (Lipinski definition) is 2. The lowest BCUT2D eigenvalue weighted by Crippen LogP contribution is -2.18. The number of ether oxygens (including phenoxy) is 1. The molecule has 0 aromatic carbocycles. The minimum atomic E-state index is -0.440. The molecule has 0 N–H and O–H groups in total. The summed E-state index contributed by atoms with van der Waals surface area (Å²) in [5.41, 5.74) is 0. The number of aliphatic imine (C=N–C) groups is 1. The van der Waals surface area contributed by atoms with E-state index in [2.05, 4.69) is 4.99 Å². The molecule has 0 spiro atoms. The minimum absolute atomic E-state index is 0.120. The molecule has 1 aliphatic rings. The molecule has 0 aromatic heterocycles. The summed E-state index contributed by atoms with van der Waals surface area (Å²) in [4.78, 5) is 14.4. The van der Waals surface area contributed by atoms with Gasteiger partial charge in [-0.3, -0.25) is 0 Å². The van der Waals surface area contributed by atoms with Gasteiger partial charge in [0.25, 0.3) is 0 Å². The van der Waals surface area contributed by atoms with E-state index < -0.39 is 6.09 Å². The van der Waals surface area contributed by atoms with Gasteiger partial charge < -0.3 is 4.74 Å². The minimum Gasteiger partial charge on any atom is -0.445 e. The standard InChI is InChI=1S/C9H15NO2/c1-2-10-9(11)12-8-6-4-3-5-7-8/h2,8H,3-7H2,1H3. The second-order valence-electron chi connectivity index (χ2n) is 3.03. The van der Waals surface area contributed by atoms with Crippen LogP contribution in [0.1, 0.15) is 39.0 Å². The fourth-order valence-corrected chi connectivity index (χ4v) is 1.46. The average molecular weight is 169 g/mol. The molecule has 1 saturated carbocycles. The Morgan fingerprint density at radius 3 is 2.67 bits per heavy atom. The Bertz CT molecular complexity index is 171. The number of nitrogens with zero attached hydrogens (tertiary/aromatic N) is 1. The lowest BCUT2D eigenvalue weighted by Gasteiger charge is -2.20. The zero-order chi connectivity index (χ0) is 8.81. The maximum Gasteiger partial charge on any atom is 0.433 e. The normalized spacial score (nSPS) is 19.8. The highest BCUT2D eigenvalue weighted by Gasteiger charge is 2.16. The molecule has 0 heterocycles. The van der Waals surface area contributed by atoms with Gasteiger partial charge in [0.1, 0.15) is 6.10 Å². The molecule has 0 radical (unpaired) electrons. The van der Waals surface area contributed by atoms with Crippen LogP contribution in [0.4, 0.5) is 4.79 Å². The van der Waals surface area contributed by atoms with Crippen LogP contribution in [0.5, 0.6) is 0 Å². The van der Waals surface area contributed by atoms with Gasteiger partial charge >= 0.3 is 6.09 Å². The van der Waals surface area contributed by atoms with Crippen LogP contribution in [0.2, 0.25) is 0 Å². The number of rotatable bonds is 1. The molecule has 3 heteroatoms. The van der Waals surface area contributed by atoms with Gasteiger partial charge in [-0.2, -0.15) is 4.99 Å². The van der Waals surface area contributed by atoms with Crippen LogP contribution >= 0.6 is 0 Å². The first-order valence-corrected chi connectivity index (χ1v) is 4.52. The van der Waals surface area contributed by atoms with Crippen LogP contribution in [0.3, 0.4) is 0 Å². The zero-order valence-corrected chi connectivity index (χ0v) is 7.45. The third kappa shape index (κ3) is 3.03. The SMILES string of the molecule is CC=NC(=O)OC1CCCCC1. The van der Waals surface area contributed by atoms with Gasteiger partial charge in [-0.1, -0.05) is 6.42 Å². The second kappa shape index (κ2) is 4.91. The van der Waals surface area contributed by atoms with E-state index in [9.17, 15) is 4.79 Å². The highest BCUT2D eigenvalue weighted by atomic mass is 16.6. The van der Waals surface area contributed by atoms with Crippen LogP contribution in [0, 0.1) is 0 Å². The van der Waals surface area contributed by atoms with Gasteiger partial charge in [0.05, 0.1) is 0 Å². The Labute approximate surface area is 72.8 Å². The molecule has 68 valence electrons. The summed E-state index contributed by atoms with van der Waals surface area (Å²) in [6.45, 7) is 1.71. The van der Waals surface area contributed by atoms with Crippen molar-refractivity contribution in [3.8, 4) is 0 Å². The maximum atomic E-state index is 10.9. The molecule has 0 atom stereocenters. The lowest BCUT2D eigenvalue weighted by molar-refractivity contribution is 0.0834. The van der Waals surface area contributed by atoms with Crippen molar-refractivity contribution >= 4 is 12.3 Å². The summed E-state index contributed by atoms with van der Waals surface area (Å²) in [5.74, 6) is 0. The Hall–Kier alpha value is -0.860. The largest absolute Gasteiger partial charge is 0.445 e. The monoisotopic (exact) mass is 169 g/mol. The summed E-state index contributed by atoms with van der Waals surface area (Å²) < 4.78 is 5.09. The molecule has 0 saturated heterocycles. The Morgan fingerprint density at radius 1 is 1.42 bits per heavy atom. The van der Waals surface area contributed by atoms with E-state index in [1.165, 1.54) is 25.5 Å².